The zero-order valence-electron chi connectivity index (χ0n) is 7.99. The van der Waals surface area contributed by atoms with E-state index >= 15 is 0 Å². The normalized spacial score (nSPS) is 10.5. The van der Waals surface area contributed by atoms with Crippen molar-refractivity contribution in [1.29, 1.82) is 0 Å². The Labute approximate surface area is 91.3 Å². The minimum atomic E-state index is -1.11. The summed E-state index contributed by atoms with van der Waals surface area (Å²) in [6.45, 7) is 1.93. The lowest BCUT2D eigenvalue weighted by Gasteiger charge is -2.02. The summed E-state index contributed by atoms with van der Waals surface area (Å²) in [6, 6.07) is 7.25. The van der Waals surface area contributed by atoms with Crippen LogP contribution in [0, 0.1) is 6.92 Å². The van der Waals surface area contributed by atoms with Crippen molar-refractivity contribution in [2.45, 2.75) is 6.92 Å². The number of hydrogen-bond acceptors (Lipinski definition) is 2. The van der Waals surface area contributed by atoms with Crippen molar-refractivity contribution in [3.05, 3.63) is 40.5 Å². The van der Waals surface area contributed by atoms with E-state index < -0.39 is 5.97 Å². The standard InChI is InChI=1S/C11H8ClNO2/c1-6-2-3-7-5-8(12)10(11(14)15)13-9(7)4-6/h2-5H,1H3,(H,14,15). The van der Waals surface area contributed by atoms with Gasteiger partial charge < -0.3 is 5.11 Å². The molecule has 0 atom stereocenters. The fourth-order valence-electron chi connectivity index (χ4n) is 1.40. The largest absolute Gasteiger partial charge is 0.476 e. The highest BCUT2D eigenvalue weighted by Crippen LogP contribution is 2.21. The van der Waals surface area contributed by atoms with Gasteiger partial charge >= 0.3 is 5.97 Å². The summed E-state index contributed by atoms with van der Waals surface area (Å²) in [4.78, 5) is 14.8. The van der Waals surface area contributed by atoms with E-state index in [1.54, 1.807) is 6.07 Å². The molecular formula is C11H8ClNO2. The molecule has 1 aromatic heterocycles. The number of carbonyl (C=O) groups is 1. The number of halogens is 1. The van der Waals surface area contributed by atoms with E-state index in [0.29, 0.717) is 5.52 Å². The first-order valence-corrected chi connectivity index (χ1v) is 4.76. The molecule has 0 aliphatic carbocycles. The van der Waals surface area contributed by atoms with Gasteiger partial charge in [-0.3, -0.25) is 0 Å². The fraction of sp³-hybridized carbons (Fsp3) is 0.0909. The van der Waals surface area contributed by atoms with Crippen LogP contribution in [0.2, 0.25) is 5.02 Å². The third-order valence-electron chi connectivity index (χ3n) is 2.13. The van der Waals surface area contributed by atoms with E-state index in [4.69, 9.17) is 16.7 Å². The first kappa shape index (κ1) is 9.93. The van der Waals surface area contributed by atoms with Crippen LogP contribution in [-0.4, -0.2) is 16.1 Å². The van der Waals surface area contributed by atoms with Crippen LogP contribution >= 0.6 is 11.6 Å². The monoisotopic (exact) mass is 221 g/mol. The third kappa shape index (κ3) is 1.78. The summed E-state index contributed by atoms with van der Waals surface area (Å²) < 4.78 is 0. The number of aromatic carboxylic acids is 1. The molecule has 3 nitrogen and oxygen atoms in total. The molecule has 0 bridgehead atoms. The maximum Gasteiger partial charge on any atom is 0.356 e. The number of fused-ring (bicyclic) bond motifs is 1. The number of pyridine rings is 1. The Morgan fingerprint density at radius 2 is 2.13 bits per heavy atom. The van der Waals surface area contributed by atoms with Crippen LogP contribution in [0.4, 0.5) is 0 Å². The molecular weight excluding hydrogens is 214 g/mol. The maximum atomic E-state index is 10.8. The number of benzene rings is 1. The maximum absolute atomic E-state index is 10.8. The molecule has 2 aromatic rings. The Kier molecular flexibility index (Phi) is 2.32. The van der Waals surface area contributed by atoms with Crippen LogP contribution in [0.5, 0.6) is 0 Å². The predicted octanol–water partition coefficient (Wildman–Crippen LogP) is 2.89. The first-order valence-electron chi connectivity index (χ1n) is 4.38. The average molecular weight is 222 g/mol. The second-order valence-corrected chi connectivity index (χ2v) is 3.73. The van der Waals surface area contributed by atoms with E-state index in [0.717, 1.165) is 10.9 Å². The Balaban J connectivity index is 2.77. The van der Waals surface area contributed by atoms with Gasteiger partial charge in [-0.05, 0) is 24.6 Å². The van der Waals surface area contributed by atoms with Crippen molar-refractivity contribution in [2.24, 2.45) is 0 Å². The van der Waals surface area contributed by atoms with Gasteiger partial charge in [-0.25, -0.2) is 9.78 Å². The van der Waals surface area contributed by atoms with Crippen LogP contribution in [0.1, 0.15) is 16.1 Å². The van der Waals surface area contributed by atoms with E-state index in [2.05, 4.69) is 4.98 Å². The van der Waals surface area contributed by atoms with Gasteiger partial charge in [-0.2, -0.15) is 0 Å². The Morgan fingerprint density at radius 1 is 1.40 bits per heavy atom. The Hall–Kier alpha value is -1.61. The first-order chi connectivity index (χ1) is 7.08. The quantitative estimate of drug-likeness (QED) is 0.806. The molecule has 1 N–H and O–H groups in total. The summed E-state index contributed by atoms with van der Waals surface area (Å²) in [6.07, 6.45) is 0. The van der Waals surface area contributed by atoms with E-state index in [1.807, 2.05) is 25.1 Å². The second kappa shape index (κ2) is 3.51. The van der Waals surface area contributed by atoms with Gasteiger partial charge in [0.25, 0.3) is 0 Å². The zero-order chi connectivity index (χ0) is 11.0. The van der Waals surface area contributed by atoms with Gasteiger partial charge in [0.05, 0.1) is 10.5 Å². The molecule has 0 amide bonds. The number of carboxylic acid groups (broad SMARTS) is 1. The van der Waals surface area contributed by atoms with Crippen LogP contribution in [0.3, 0.4) is 0 Å². The third-order valence-corrected chi connectivity index (χ3v) is 2.42. The van der Waals surface area contributed by atoms with Crippen LogP contribution in [0.15, 0.2) is 24.3 Å². The molecule has 0 aliphatic heterocycles. The van der Waals surface area contributed by atoms with Crippen molar-refractivity contribution < 1.29 is 9.90 Å². The summed E-state index contributed by atoms with van der Waals surface area (Å²) >= 11 is 5.79. The highest BCUT2D eigenvalue weighted by Gasteiger charge is 2.11. The topological polar surface area (TPSA) is 50.2 Å². The van der Waals surface area contributed by atoms with Crippen LogP contribution < -0.4 is 0 Å². The highest BCUT2D eigenvalue weighted by atomic mass is 35.5. The SMILES string of the molecule is Cc1ccc2cc(Cl)c(C(=O)O)nc2c1. The van der Waals surface area contributed by atoms with Gasteiger partial charge in [0.1, 0.15) is 0 Å². The van der Waals surface area contributed by atoms with E-state index in [1.165, 1.54) is 0 Å². The smallest absolute Gasteiger partial charge is 0.356 e. The molecule has 2 rings (SSSR count). The van der Waals surface area contributed by atoms with Crippen molar-refractivity contribution >= 4 is 28.5 Å². The number of hydrogen-bond donors (Lipinski definition) is 1. The number of aromatic nitrogens is 1. The lowest BCUT2D eigenvalue weighted by Crippen LogP contribution is -2.01. The molecule has 4 heteroatoms. The molecule has 15 heavy (non-hydrogen) atoms. The lowest BCUT2D eigenvalue weighted by atomic mass is 10.1. The van der Waals surface area contributed by atoms with Crippen molar-refractivity contribution in [1.82, 2.24) is 4.98 Å². The number of aryl methyl sites for hydroxylation is 1. The summed E-state index contributed by atoms with van der Waals surface area (Å²) in [5, 5.41) is 9.86. The molecule has 1 heterocycles. The van der Waals surface area contributed by atoms with E-state index in [-0.39, 0.29) is 10.7 Å². The van der Waals surface area contributed by atoms with Gasteiger partial charge in [-0.1, -0.05) is 23.7 Å². The molecule has 0 radical (unpaired) electrons. The number of nitrogens with zero attached hydrogens (tertiary/aromatic N) is 1. The van der Waals surface area contributed by atoms with Gasteiger partial charge in [0.2, 0.25) is 0 Å². The Bertz CT molecular complexity index is 552. The minimum absolute atomic E-state index is 0.102. The fourth-order valence-corrected chi connectivity index (χ4v) is 1.64. The molecule has 0 aliphatic rings. The van der Waals surface area contributed by atoms with Gasteiger partial charge in [-0.15, -0.1) is 0 Å². The van der Waals surface area contributed by atoms with Crippen molar-refractivity contribution in [3.63, 3.8) is 0 Å². The van der Waals surface area contributed by atoms with Crippen LogP contribution in [0.25, 0.3) is 10.9 Å². The average Bonchev–Trinajstić information content (AvgIpc) is 2.17. The summed E-state index contributed by atoms with van der Waals surface area (Å²) in [5.41, 5.74) is 1.58. The molecule has 76 valence electrons. The molecule has 1 aromatic carbocycles. The molecule has 0 spiro atoms. The van der Waals surface area contributed by atoms with E-state index in [9.17, 15) is 4.79 Å². The van der Waals surface area contributed by atoms with Crippen molar-refractivity contribution in [2.75, 3.05) is 0 Å². The molecule has 0 saturated carbocycles. The van der Waals surface area contributed by atoms with Gasteiger partial charge in [0, 0.05) is 5.39 Å². The van der Waals surface area contributed by atoms with Crippen LogP contribution in [-0.2, 0) is 0 Å². The zero-order valence-corrected chi connectivity index (χ0v) is 8.75. The van der Waals surface area contributed by atoms with Gasteiger partial charge in [0.15, 0.2) is 5.69 Å². The second-order valence-electron chi connectivity index (χ2n) is 3.32. The van der Waals surface area contributed by atoms with Crippen molar-refractivity contribution in [3.8, 4) is 0 Å². The summed E-state index contributed by atoms with van der Waals surface area (Å²) in [7, 11) is 0. The number of rotatable bonds is 1. The Morgan fingerprint density at radius 3 is 2.80 bits per heavy atom. The number of carboxylic acids is 1. The highest BCUT2D eigenvalue weighted by molar-refractivity contribution is 6.33. The molecule has 0 fully saturated rings. The molecule has 0 unspecified atom stereocenters. The lowest BCUT2D eigenvalue weighted by molar-refractivity contribution is 0.0691. The molecule has 0 saturated heterocycles. The predicted molar refractivity (Wildman–Crippen MR) is 58.4 cm³/mol. The summed E-state index contributed by atoms with van der Waals surface area (Å²) in [5.74, 6) is -1.11. The minimum Gasteiger partial charge on any atom is -0.476 e.